The van der Waals surface area contributed by atoms with Crippen LogP contribution in [0.4, 0.5) is 23.8 Å². The number of piperazine rings is 1. The number of hydrogen-bond acceptors (Lipinski definition) is 7. The molecule has 6 rings (SSSR count). The number of aryl methyl sites for hydroxylation is 2. The van der Waals surface area contributed by atoms with Crippen LogP contribution in [-0.4, -0.2) is 83.4 Å². The Morgan fingerprint density at radius 2 is 1.77 bits per heavy atom. The molecule has 16 heteroatoms. The van der Waals surface area contributed by atoms with Gasteiger partial charge < -0.3 is 19.8 Å². The molecule has 0 radical (unpaired) electrons. The van der Waals surface area contributed by atoms with Gasteiger partial charge in [-0.05, 0) is 63.6 Å². The number of fused-ring (bicyclic) bond motifs is 1. The molecule has 2 aliphatic heterocycles. The zero-order chi connectivity index (χ0) is 33.8. The predicted molar refractivity (Wildman–Crippen MR) is 168 cm³/mol. The van der Waals surface area contributed by atoms with Crippen molar-refractivity contribution in [1.82, 2.24) is 34.1 Å². The number of pyridine rings is 1. The third-order valence-corrected chi connectivity index (χ3v) is 9.13. The van der Waals surface area contributed by atoms with Gasteiger partial charge in [0.15, 0.2) is 0 Å². The third kappa shape index (κ3) is 6.08. The van der Waals surface area contributed by atoms with Gasteiger partial charge in [0.1, 0.15) is 5.82 Å². The molecule has 246 valence electrons. The van der Waals surface area contributed by atoms with E-state index in [0.29, 0.717) is 60.3 Å². The molecule has 47 heavy (non-hydrogen) atoms. The predicted octanol–water partition coefficient (Wildman–Crippen LogP) is 4.60. The Morgan fingerprint density at radius 3 is 2.36 bits per heavy atom. The first-order valence-electron chi connectivity index (χ1n) is 14.8. The van der Waals surface area contributed by atoms with E-state index in [4.69, 9.17) is 4.98 Å². The normalized spacial score (nSPS) is 16.7. The van der Waals surface area contributed by atoms with Crippen LogP contribution in [0.1, 0.15) is 45.5 Å². The Morgan fingerprint density at radius 1 is 1.04 bits per heavy atom. The maximum Gasteiger partial charge on any atom is 0.417 e. The molecular weight excluding hydrogens is 685 g/mol. The smallest absolute Gasteiger partial charge is 0.417 e. The topological polar surface area (TPSA) is 130 Å². The Bertz CT molecular complexity index is 1930. The van der Waals surface area contributed by atoms with E-state index in [2.05, 4.69) is 26.0 Å². The van der Waals surface area contributed by atoms with Crippen molar-refractivity contribution < 1.29 is 27.9 Å². The lowest BCUT2D eigenvalue weighted by Gasteiger charge is -2.35. The molecule has 5 heterocycles. The second-order valence-corrected chi connectivity index (χ2v) is 12.5. The molecule has 4 aromatic rings. The fraction of sp³-hybridized carbons (Fsp3) is 0.355. The van der Waals surface area contributed by atoms with Crippen LogP contribution in [0.5, 0.6) is 0 Å². The van der Waals surface area contributed by atoms with Gasteiger partial charge in [-0.1, -0.05) is 15.9 Å². The van der Waals surface area contributed by atoms with Crippen molar-refractivity contribution in [2.24, 2.45) is 0 Å². The Hall–Kier alpha value is -4.73. The fourth-order valence-corrected chi connectivity index (χ4v) is 6.46. The van der Waals surface area contributed by atoms with Crippen LogP contribution in [0.25, 0.3) is 11.6 Å². The van der Waals surface area contributed by atoms with Crippen LogP contribution in [-0.2, 0) is 19.1 Å². The molecule has 1 aromatic carbocycles. The molecule has 0 saturated carbocycles. The van der Waals surface area contributed by atoms with E-state index in [-0.39, 0.29) is 34.5 Å². The summed E-state index contributed by atoms with van der Waals surface area (Å²) in [6.45, 7) is 6.91. The van der Waals surface area contributed by atoms with E-state index in [1.807, 2.05) is 17.9 Å². The number of alkyl halides is 3. The largest absolute Gasteiger partial charge is 0.465 e. The minimum atomic E-state index is -4.65. The summed E-state index contributed by atoms with van der Waals surface area (Å²) in [7, 11) is 0. The van der Waals surface area contributed by atoms with Crippen molar-refractivity contribution in [3.05, 3.63) is 91.2 Å². The van der Waals surface area contributed by atoms with Crippen LogP contribution in [0.2, 0.25) is 0 Å². The number of hydrogen-bond donors (Lipinski definition) is 1. The van der Waals surface area contributed by atoms with Gasteiger partial charge in [-0.3, -0.25) is 9.59 Å². The van der Waals surface area contributed by atoms with E-state index < -0.39 is 29.8 Å². The molecular formula is C31H30BrF3N8O4. The molecule has 2 aliphatic rings. The molecule has 1 unspecified atom stereocenters. The number of nitrogens with zero attached hydrogens (tertiary/aromatic N) is 8. The highest BCUT2D eigenvalue weighted by atomic mass is 79.9. The van der Waals surface area contributed by atoms with Gasteiger partial charge in [-0.2, -0.15) is 18.3 Å². The van der Waals surface area contributed by atoms with Gasteiger partial charge in [-0.25, -0.2) is 24.0 Å². The van der Waals surface area contributed by atoms with Crippen molar-refractivity contribution >= 4 is 33.7 Å². The Balaban J connectivity index is 1.38. The second-order valence-electron chi connectivity index (χ2n) is 11.6. The zero-order valence-electron chi connectivity index (χ0n) is 25.6. The number of aromatic nitrogens is 5. The molecule has 12 nitrogen and oxygen atoms in total. The number of carbonyl (C=O) groups excluding carboxylic acids is 1. The first-order chi connectivity index (χ1) is 22.2. The van der Waals surface area contributed by atoms with Crippen molar-refractivity contribution in [3.8, 4) is 11.6 Å². The van der Waals surface area contributed by atoms with Crippen LogP contribution in [0.15, 0.2) is 51.9 Å². The highest BCUT2D eigenvalue weighted by molar-refractivity contribution is 9.10. The summed E-state index contributed by atoms with van der Waals surface area (Å²) in [6.07, 6.45) is -3.93. The summed E-state index contributed by atoms with van der Waals surface area (Å²) in [5.74, 6) is 0.201. The lowest BCUT2D eigenvalue weighted by atomic mass is 9.98. The third-order valence-electron chi connectivity index (χ3n) is 8.44. The van der Waals surface area contributed by atoms with E-state index in [9.17, 15) is 32.7 Å². The Labute approximate surface area is 275 Å². The van der Waals surface area contributed by atoms with E-state index >= 15 is 0 Å². The first-order valence-corrected chi connectivity index (χ1v) is 15.6. The number of benzene rings is 1. The Kier molecular flexibility index (Phi) is 8.32. The number of halogens is 4. The van der Waals surface area contributed by atoms with Gasteiger partial charge in [0.2, 0.25) is 5.95 Å². The fourth-order valence-electron chi connectivity index (χ4n) is 5.99. The highest BCUT2D eigenvalue weighted by Gasteiger charge is 2.36. The van der Waals surface area contributed by atoms with Crippen molar-refractivity contribution in [2.45, 2.75) is 46.0 Å². The zero-order valence-corrected chi connectivity index (χ0v) is 27.2. The SMILES string of the molecule is Cc1cc(C)n(-c2nc3c(c(=O)n2-c2ccc(N4CCN(C(=O)O)CC4)nc2)CC(C)N(C(=O)c2ccc(Br)c(C(F)(F)F)c2)C3)n1. The van der Waals surface area contributed by atoms with Gasteiger partial charge in [0.05, 0.1) is 35.4 Å². The average Bonchev–Trinajstić information content (AvgIpc) is 3.37. The quantitative estimate of drug-likeness (QED) is 0.325. The summed E-state index contributed by atoms with van der Waals surface area (Å²) < 4.78 is 43.6. The van der Waals surface area contributed by atoms with Gasteiger partial charge in [0, 0.05) is 53.5 Å². The molecule has 1 fully saturated rings. The molecule has 1 N–H and O–H groups in total. The van der Waals surface area contributed by atoms with E-state index in [1.54, 1.807) is 32.2 Å². The molecule has 0 aliphatic carbocycles. The number of amides is 2. The van der Waals surface area contributed by atoms with Gasteiger partial charge in [-0.15, -0.1) is 0 Å². The first kappa shape index (κ1) is 32.2. The highest BCUT2D eigenvalue weighted by Crippen LogP contribution is 2.36. The van der Waals surface area contributed by atoms with Crippen LogP contribution < -0.4 is 10.5 Å². The maximum absolute atomic E-state index is 14.2. The van der Waals surface area contributed by atoms with Gasteiger partial charge in [0.25, 0.3) is 11.5 Å². The summed E-state index contributed by atoms with van der Waals surface area (Å²) in [6, 6.07) is 8.18. The lowest BCUT2D eigenvalue weighted by molar-refractivity contribution is -0.138. The minimum Gasteiger partial charge on any atom is -0.465 e. The van der Waals surface area contributed by atoms with Crippen LogP contribution in [0.3, 0.4) is 0 Å². The van der Waals surface area contributed by atoms with Crippen LogP contribution in [0, 0.1) is 13.8 Å². The monoisotopic (exact) mass is 714 g/mol. The van der Waals surface area contributed by atoms with E-state index in [1.165, 1.54) is 31.2 Å². The second kappa shape index (κ2) is 12.1. The summed E-state index contributed by atoms with van der Waals surface area (Å²) in [5, 5.41) is 13.8. The van der Waals surface area contributed by atoms with Crippen molar-refractivity contribution in [1.29, 1.82) is 0 Å². The van der Waals surface area contributed by atoms with Crippen molar-refractivity contribution in [2.75, 3.05) is 31.1 Å². The number of rotatable bonds is 4. The standard InChI is InChI=1S/C31H30BrF3N8O4/c1-17-12-19(3)43(38-17)29-37-25-16-41(27(44)20-4-6-24(32)23(14-20)31(33,34)35)18(2)13-22(25)28(45)42(29)21-5-7-26(36-15-21)39-8-10-40(11-9-39)30(46)47/h4-7,12,14-15,18H,8-11,13,16H2,1-3H3,(H,46,47). The molecule has 0 bridgehead atoms. The molecule has 3 aromatic heterocycles. The minimum absolute atomic E-state index is 0.0887. The lowest BCUT2D eigenvalue weighted by Crippen LogP contribution is -2.48. The summed E-state index contributed by atoms with van der Waals surface area (Å²) in [5.41, 5.74) is 1.08. The molecule has 0 spiro atoms. The van der Waals surface area contributed by atoms with Gasteiger partial charge >= 0.3 is 12.3 Å². The van der Waals surface area contributed by atoms with E-state index in [0.717, 1.165) is 6.07 Å². The number of carboxylic acid groups (broad SMARTS) is 1. The van der Waals surface area contributed by atoms with Crippen LogP contribution >= 0.6 is 15.9 Å². The summed E-state index contributed by atoms with van der Waals surface area (Å²) in [4.78, 5) is 53.3. The average molecular weight is 716 g/mol. The van der Waals surface area contributed by atoms with Crippen molar-refractivity contribution in [3.63, 3.8) is 0 Å². The summed E-state index contributed by atoms with van der Waals surface area (Å²) >= 11 is 2.92. The molecule has 1 atom stereocenters. The maximum atomic E-state index is 14.2. The molecule has 1 saturated heterocycles. The number of carbonyl (C=O) groups is 2. The molecule has 2 amide bonds. The number of anilines is 1.